The lowest BCUT2D eigenvalue weighted by molar-refractivity contribution is -0.123. The number of aryl methyl sites for hydroxylation is 1. The third-order valence-electron chi connectivity index (χ3n) is 3.92. The Morgan fingerprint density at radius 2 is 1.54 bits per heavy atom. The van der Waals surface area contributed by atoms with Crippen LogP contribution in [0.1, 0.15) is 16.7 Å². The van der Waals surface area contributed by atoms with E-state index in [1.165, 1.54) is 0 Å². The van der Waals surface area contributed by atoms with E-state index in [1.807, 2.05) is 85.8 Å². The van der Waals surface area contributed by atoms with Crippen LogP contribution in [0.15, 0.2) is 84.0 Å². The summed E-state index contributed by atoms with van der Waals surface area (Å²) in [5, 5.41) is 3.95. The lowest BCUT2D eigenvalue weighted by atomic mass is 10.2. The van der Waals surface area contributed by atoms with Gasteiger partial charge in [-0.15, -0.1) is 0 Å². The normalized spacial score (nSPS) is 10.6. The molecule has 0 saturated heterocycles. The topological polar surface area (TPSA) is 59.9 Å². The Morgan fingerprint density at radius 3 is 2.25 bits per heavy atom. The summed E-state index contributed by atoms with van der Waals surface area (Å²) < 4.78 is 11.1. The summed E-state index contributed by atoms with van der Waals surface area (Å²) in [6.45, 7) is 2.42. The van der Waals surface area contributed by atoms with E-state index in [4.69, 9.17) is 9.47 Å². The molecule has 0 radical (unpaired) electrons. The van der Waals surface area contributed by atoms with Crippen LogP contribution in [0.25, 0.3) is 0 Å². The monoisotopic (exact) mass is 374 g/mol. The van der Waals surface area contributed by atoms with Crippen molar-refractivity contribution < 1.29 is 14.3 Å². The minimum absolute atomic E-state index is 0.0906. The lowest BCUT2D eigenvalue weighted by Crippen LogP contribution is -2.24. The second kappa shape index (κ2) is 9.92. The van der Waals surface area contributed by atoms with Crippen molar-refractivity contribution in [2.24, 2.45) is 5.10 Å². The zero-order valence-electron chi connectivity index (χ0n) is 15.7. The Bertz CT molecular complexity index is 905. The van der Waals surface area contributed by atoms with E-state index in [9.17, 15) is 4.79 Å². The highest BCUT2D eigenvalue weighted by Gasteiger charge is 2.01. The van der Waals surface area contributed by atoms with E-state index >= 15 is 0 Å². The van der Waals surface area contributed by atoms with Crippen molar-refractivity contribution in [3.63, 3.8) is 0 Å². The summed E-state index contributed by atoms with van der Waals surface area (Å²) in [7, 11) is 0. The third-order valence-corrected chi connectivity index (χ3v) is 3.92. The van der Waals surface area contributed by atoms with Crippen LogP contribution in [0.5, 0.6) is 11.5 Å². The number of amides is 1. The largest absolute Gasteiger partial charge is 0.489 e. The summed E-state index contributed by atoms with van der Waals surface area (Å²) in [6.07, 6.45) is 1.57. The minimum atomic E-state index is -0.320. The number of carbonyl (C=O) groups excluding carboxylic acids is 1. The van der Waals surface area contributed by atoms with Gasteiger partial charge in [0.05, 0.1) is 6.21 Å². The van der Waals surface area contributed by atoms with Gasteiger partial charge in [0, 0.05) is 0 Å². The maximum absolute atomic E-state index is 11.8. The van der Waals surface area contributed by atoms with E-state index in [2.05, 4.69) is 10.5 Å². The molecular weight excluding hydrogens is 352 g/mol. The van der Waals surface area contributed by atoms with Gasteiger partial charge in [0.25, 0.3) is 5.91 Å². The van der Waals surface area contributed by atoms with E-state index in [1.54, 1.807) is 6.21 Å². The van der Waals surface area contributed by atoms with Crippen LogP contribution >= 0.6 is 0 Å². The van der Waals surface area contributed by atoms with Crippen LogP contribution in [-0.4, -0.2) is 18.7 Å². The highest BCUT2D eigenvalue weighted by molar-refractivity contribution is 5.83. The first-order chi connectivity index (χ1) is 13.7. The van der Waals surface area contributed by atoms with Gasteiger partial charge >= 0.3 is 0 Å². The summed E-state index contributed by atoms with van der Waals surface area (Å²) >= 11 is 0. The molecule has 1 N–H and O–H groups in total. The minimum Gasteiger partial charge on any atom is -0.489 e. The zero-order chi connectivity index (χ0) is 19.6. The SMILES string of the molecule is Cc1ccc(OCC(=O)N/N=C\c2ccc(OCc3ccccc3)cc2)cc1. The Morgan fingerprint density at radius 1 is 0.893 bits per heavy atom. The van der Waals surface area contributed by atoms with Gasteiger partial charge in [0.1, 0.15) is 18.1 Å². The predicted octanol–water partition coefficient (Wildman–Crippen LogP) is 4.10. The number of hydrazone groups is 1. The molecule has 0 aliphatic rings. The Kier molecular flexibility index (Phi) is 6.79. The van der Waals surface area contributed by atoms with Crippen LogP contribution in [0.2, 0.25) is 0 Å². The first kappa shape index (κ1) is 19.2. The molecule has 5 heteroatoms. The molecule has 1 amide bonds. The van der Waals surface area contributed by atoms with Crippen molar-refractivity contribution in [3.05, 3.63) is 95.6 Å². The van der Waals surface area contributed by atoms with E-state index < -0.39 is 0 Å². The number of ether oxygens (including phenoxy) is 2. The third kappa shape index (κ3) is 6.29. The van der Waals surface area contributed by atoms with Gasteiger partial charge in [0.2, 0.25) is 0 Å². The van der Waals surface area contributed by atoms with Gasteiger partial charge in [0.15, 0.2) is 6.61 Å². The molecule has 3 aromatic rings. The van der Waals surface area contributed by atoms with Gasteiger partial charge in [-0.3, -0.25) is 4.79 Å². The van der Waals surface area contributed by atoms with E-state index in [-0.39, 0.29) is 12.5 Å². The maximum Gasteiger partial charge on any atom is 0.277 e. The summed E-state index contributed by atoms with van der Waals surface area (Å²) in [5.74, 6) is 1.10. The Hall–Kier alpha value is -3.60. The number of nitrogens with one attached hydrogen (secondary N) is 1. The Labute approximate surface area is 164 Å². The van der Waals surface area contributed by atoms with Gasteiger partial charge < -0.3 is 9.47 Å². The highest BCUT2D eigenvalue weighted by atomic mass is 16.5. The standard InChI is InChI=1S/C23H22N2O3/c1-18-7-11-21(12-8-18)28-17-23(26)25-24-15-19-9-13-22(14-10-19)27-16-20-5-3-2-4-6-20/h2-15H,16-17H2,1H3,(H,25,26)/b24-15-. The van der Waals surface area contributed by atoms with Crippen molar-refractivity contribution in [1.82, 2.24) is 5.43 Å². The van der Waals surface area contributed by atoms with Gasteiger partial charge in [-0.1, -0.05) is 48.0 Å². The number of carbonyl (C=O) groups is 1. The summed E-state index contributed by atoms with van der Waals surface area (Å²) in [6, 6.07) is 25.0. The first-order valence-electron chi connectivity index (χ1n) is 8.97. The molecule has 0 unspecified atom stereocenters. The van der Waals surface area contributed by atoms with Crippen molar-refractivity contribution in [3.8, 4) is 11.5 Å². The number of rotatable bonds is 8. The smallest absolute Gasteiger partial charge is 0.277 e. The van der Waals surface area contributed by atoms with Gasteiger partial charge in [-0.05, 0) is 54.4 Å². The molecule has 142 valence electrons. The number of nitrogens with zero attached hydrogens (tertiary/aromatic N) is 1. The second-order valence-corrected chi connectivity index (χ2v) is 6.24. The molecule has 0 spiro atoms. The fourth-order valence-corrected chi connectivity index (χ4v) is 2.39. The van der Waals surface area contributed by atoms with Gasteiger partial charge in [-0.25, -0.2) is 5.43 Å². The highest BCUT2D eigenvalue weighted by Crippen LogP contribution is 2.13. The second-order valence-electron chi connectivity index (χ2n) is 6.24. The van der Waals surface area contributed by atoms with Crippen molar-refractivity contribution in [2.75, 3.05) is 6.61 Å². The summed E-state index contributed by atoms with van der Waals surface area (Å²) in [5.41, 5.74) is 5.55. The number of hydrogen-bond donors (Lipinski definition) is 1. The van der Waals surface area contributed by atoms with Crippen LogP contribution in [0.4, 0.5) is 0 Å². The Balaban J connectivity index is 1.41. The molecular formula is C23H22N2O3. The van der Waals surface area contributed by atoms with Crippen molar-refractivity contribution >= 4 is 12.1 Å². The molecule has 0 aromatic heterocycles. The van der Waals surface area contributed by atoms with Crippen LogP contribution in [0.3, 0.4) is 0 Å². The molecule has 0 aliphatic carbocycles. The fraction of sp³-hybridized carbons (Fsp3) is 0.130. The van der Waals surface area contributed by atoms with Crippen LogP contribution in [0, 0.1) is 6.92 Å². The molecule has 0 bridgehead atoms. The van der Waals surface area contributed by atoms with Gasteiger partial charge in [-0.2, -0.15) is 5.10 Å². The molecule has 0 heterocycles. The van der Waals surface area contributed by atoms with E-state index in [0.29, 0.717) is 12.4 Å². The van der Waals surface area contributed by atoms with E-state index in [0.717, 1.165) is 22.4 Å². The van der Waals surface area contributed by atoms with Crippen molar-refractivity contribution in [1.29, 1.82) is 0 Å². The molecule has 5 nitrogen and oxygen atoms in total. The molecule has 3 rings (SSSR count). The van der Waals surface area contributed by atoms with Crippen LogP contribution < -0.4 is 14.9 Å². The molecule has 0 aliphatic heterocycles. The maximum atomic E-state index is 11.8. The predicted molar refractivity (Wildman–Crippen MR) is 110 cm³/mol. The molecule has 0 fully saturated rings. The average Bonchev–Trinajstić information content (AvgIpc) is 2.73. The molecule has 28 heavy (non-hydrogen) atoms. The lowest BCUT2D eigenvalue weighted by Gasteiger charge is -2.06. The molecule has 0 atom stereocenters. The zero-order valence-corrected chi connectivity index (χ0v) is 15.7. The quantitative estimate of drug-likeness (QED) is 0.477. The first-order valence-corrected chi connectivity index (χ1v) is 8.97. The number of hydrogen-bond acceptors (Lipinski definition) is 4. The fourth-order valence-electron chi connectivity index (χ4n) is 2.39. The average molecular weight is 374 g/mol. The summed E-state index contributed by atoms with van der Waals surface area (Å²) in [4.78, 5) is 11.8. The van der Waals surface area contributed by atoms with Crippen LogP contribution in [-0.2, 0) is 11.4 Å². The molecule has 0 saturated carbocycles. The number of benzene rings is 3. The van der Waals surface area contributed by atoms with Crippen molar-refractivity contribution in [2.45, 2.75) is 13.5 Å². The molecule has 3 aromatic carbocycles.